The van der Waals surface area contributed by atoms with E-state index in [-0.39, 0.29) is 5.84 Å². The minimum absolute atomic E-state index is 0.0900. The number of benzene rings is 1. The van der Waals surface area contributed by atoms with Gasteiger partial charge in [0.15, 0.2) is 0 Å². The Balaban J connectivity index is 2.14. The number of amidine groups is 1. The van der Waals surface area contributed by atoms with Crippen LogP contribution in [0.1, 0.15) is 11.3 Å². The summed E-state index contributed by atoms with van der Waals surface area (Å²) in [6, 6.07) is 7.67. The summed E-state index contributed by atoms with van der Waals surface area (Å²) in [4.78, 5) is 10.2. The molecule has 1 aromatic carbocycles. The minimum Gasteiger partial charge on any atom is -0.382 e. The number of halogens is 1. The molecule has 3 N–H and O–H groups in total. The van der Waals surface area contributed by atoms with E-state index >= 15 is 0 Å². The number of anilines is 1. The molecular weight excluding hydrogens is 262 g/mol. The number of hydrogen-bond acceptors (Lipinski definition) is 4. The van der Waals surface area contributed by atoms with Gasteiger partial charge in [-0.2, -0.15) is 0 Å². The Morgan fingerprint density at radius 3 is 2.63 bits per heavy atom. The van der Waals surface area contributed by atoms with Crippen molar-refractivity contribution >= 4 is 23.3 Å². The zero-order chi connectivity index (χ0) is 13.8. The number of nitrogens with zero attached hydrogens (tertiary/aromatic N) is 3. The van der Waals surface area contributed by atoms with Gasteiger partial charge in [0.25, 0.3) is 0 Å². The van der Waals surface area contributed by atoms with Crippen molar-refractivity contribution in [1.82, 2.24) is 9.97 Å². The Labute approximate surface area is 116 Å². The maximum Gasteiger partial charge on any atom is 0.147 e. The first kappa shape index (κ1) is 13.3. The normalized spacial score (nSPS) is 10.2. The molecule has 0 atom stereocenters. The summed E-state index contributed by atoms with van der Waals surface area (Å²) in [5, 5.41) is 7.99. The third kappa shape index (κ3) is 3.20. The summed E-state index contributed by atoms with van der Waals surface area (Å²) in [6.45, 7) is 0.633. The van der Waals surface area contributed by atoms with E-state index < -0.39 is 0 Å². The number of rotatable bonds is 4. The predicted octanol–water partition coefficient (Wildman–Crippen LogP) is 2.05. The van der Waals surface area contributed by atoms with Crippen LogP contribution >= 0.6 is 11.6 Å². The van der Waals surface area contributed by atoms with Crippen molar-refractivity contribution < 1.29 is 0 Å². The molecule has 2 rings (SSSR count). The molecule has 1 aromatic heterocycles. The van der Waals surface area contributed by atoms with E-state index in [1.54, 1.807) is 6.20 Å². The maximum atomic E-state index is 7.26. The number of hydrogen-bond donors (Lipinski definition) is 2. The molecule has 5 nitrogen and oxygen atoms in total. The van der Waals surface area contributed by atoms with Crippen molar-refractivity contribution in [2.45, 2.75) is 6.54 Å². The Bertz CT molecular complexity index is 582. The average molecular weight is 276 g/mol. The fourth-order valence-corrected chi connectivity index (χ4v) is 1.82. The molecular formula is C13H14ClN5. The summed E-state index contributed by atoms with van der Waals surface area (Å²) in [7, 11) is 1.90. The van der Waals surface area contributed by atoms with Crippen LogP contribution in [0, 0.1) is 5.41 Å². The number of nitrogen functional groups attached to an aromatic ring is 1. The lowest BCUT2D eigenvalue weighted by Gasteiger charge is -2.18. The highest BCUT2D eigenvalue weighted by atomic mass is 35.5. The van der Waals surface area contributed by atoms with Gasteiger partial charge in [0.1, 0.15) is 17.3 Å². The van der Waals surface area contributed by atoms with E-state index in [9.17, 15) is 0 Å². The molecule has 0 bridgehead atoms. The molecule has 6 heteroatoms. The average Bonchev–Trinajstić information content (AvgIpc) is 2.41. The molecule has 1 heterocycles. The molecule has 0 saturated carbocycles. The molecule has 0 aliphatic carbocycles. The van der Waals surface area contributed by atoms with Crippen LogP contribution in [0.25, 0.3) is 0 Å². The molecule has 0 spiro atoms. The van der Waals surface area contributed by atoms with Crippen LogP contribution in [-0.2, 0) is 6.54 Å². The summed E-state index contributed by atoms with van der Waals surface area (Å²) >= 11 is 6.12. The van der Waals surface area contributed by atoms with Crippen LogP contribution in [0.15, 0.2) is 36.7 Å². The van der Waals surface area contributed by atoms with E-state index in [1.807, 2.05) is 36.2 Å². The van der Waals surface area contributed by atoms with Crippen LogP contribution in [0.3, 0.4) is 0 Å². The zero-order valence-electron chi connectivity index (χ0n) is 10.5. The third-order valence-electron chi connectivity index (χ3n) is 2.67. The summed E-state index contributed by atoms with van der Waals surface area (Å²) in [5.74, 6) is 0.609. The molecule has 0 fully saturated rings. The Morgan fingerprint density at radius 1 is 1.32 bits per heavy atom. The van der Waals surface area contributed by atoms with E-state index in [2.05, 4.69) is 9.97 Å². The van der Waals surface area contributed by atoms with Gasteiger partial charge in [-0.15, -0.1) is 0 Å². The second-order valence-electron chi connectivity index (χ2n) is 4.12. The highest BCUT2D eigenvalue weighted by Gasteiger charge is 2.07. The SMILES string of the molecule is CN(Cc1ccccc1Cl)c1cnc(C(=N)N)cn1. The van der Waals surface area contributed by atoms with Gasteiger partial charge in [0.05, 0.1) is 12.4 Å². The molecule has 2 aromatic rings. The first-order valence-corrected chi connectivity index (χ1v) is 6.06. The Morgan fingerprint density at radius 2 is 2.05 bits per heavy atom. The molecule has 98 valence electrons. The minimum atomic E-state index is -0.0900. The third-order valence-corrected chi connectivity index (χ3v) is 3.04. The first-order valence-electron chi connectivity index (χ1n) is 5.69. The van der Waals surface area contributed by atoms with Gasteiger partial charge in [0.2, 0.25) is 0 Å². The smallest absolute Gasteiger partial charge is 0.147 e. The molecule has 0 saturated heterocycles. The van der Waals surface area contributed by atoms with E-state index in [1.165, 1.54) is 6.20 Å². The van der Waals surface area contributed by atoms with E-state index in [4.69, 9.17) is 22.7 Å². The fraction of sp³-hybridized carbons (Fsp3) is 0.154. The lowest BCUT2D eigenvalue weighted by Crippen LogP contribution is -2.19. The van der Waals surface area contributed by atoms with Gasteiger partial charge < -0.3 is 10.6 Å². The van der Waals surface area contributed by atoms with Crippen LogP contribution in [-0.4, -0.2) is 22.9 Å². The molecule has 0 aliphatic heterocycles. The Kier molecular flexibility index (Phi) is 3.97. The monoisotopic (exact) mass is 275 g/mol. The molecule has 0 unspecified atom stereocenters. The fourth-order valence-electron chi connectivity index (χ4n) is 1.62. The zero-order valence-corrected chi connectivity index (χ0v) is 11.2. The number of aromatic nitrogens is 2. The summed E-state index contributed by atoms with van der Waals surface area (Å²) in [6.07, 6.45) is 3.08. The summed E-state index contributed by atoms with van der Waals surface area (Å²) in [5.41, 5.74) is 6.72. The van der Waals surface area contributed by atoms with Gasteiger partial charge in [-0.05, 0) is 11.6 Å². The second-order valence-corrected chi connectivity index (χ2v) is 4.53. The largest absolute Gasteiger partial charge is 0.382 e. The van der Waals surface area contributed by atoms with Gasteiger partial charge in [-0.25, -0.2) is 9.97 Å². The first-order chi connectivity index (χ1) is 9.08. The van der Waals surface area contributed by atoms with Crippen LogP contribution in [0.5, 0.6) is 0 Å². The highest BCUT2D eigenvalue weighted by molar-refractivity contribution is 6.31. The van der Waals surface area contributed by atoms with Crippen molar-refractivity contribution in [2.24, 2.45) is 5.73 Å². The molecule has 0 aliphatic rings. The van der Waals surface area contributed by atoms with Crippen molar-refractivity contribution in [3.63, 3.8) is 0 Å². The Hall–Kier alpha value is -2.14. The van der Waals surface area contributed by atoms with Gasteiger partial charge in [0, 0.05) is 18.6 Å². The quantitative estimate of drug-likeness (QED) is 0.661. The maximum absolute atomic E-state index is 7.26. The van der Waals surface area contributed by atoms with Gasteiger partial charge in [-0.1, -0.05) is 29.8 Å². The lowest BCUT2D eigenvalue weighted by atomic mass is 10.2. The van der Waals surface area contributed by atoms with Crippen LogP contribution < -0.4 is 10.6 Å². The predicted molar refractivity (Wildman–Crippen MR) is 76.6 cm³/mol. The molecule has 19 heavy (non-hydrogen) atoms. The summed E-state index contributed by atoms with van der Waals surface area (Å²) < 4.78 is 0. The van der Waals surface area contributed by atoms with Crippen molar-refractivity contribution in [1.29, 1.82) is 5.41 Å². The number of nitrogens with two attached hydrogens (primary N) is 1. The highest BCUT2D eigenvalue weighted by Crippen LogP contribution is 2.18. The van der Waals surface area contributed by atoms with Crippen molar-refractivity contribution in [2.75, 3.05) is 11.9 Å². The topological polar surface area (TPSA) is 78.9 Å². The van der Waals surface area contributed by atoms with E-state index in [0.717, 1.165) is 10.6 Å². The van der Waals surface area contributed by atoms with E-state index in [0.29, 0.717) is 18.1 Å². The van der Waals surface area contributed by atoms with Crippen molar-refractivity contribution in [3.05, 3.63) is 52.9 Å². The van der Waals surface area contributed by atoms with Crippen LogP contribution in [0.2, 0.25) is 5.02 Å². The molecule has 0 radical (unpaired) electrons. The van der Waals surface area contributed by atoms with Crippen LogP contribution in [0.4, 0.5) is 5.82 Å². The number of nitrogens with one attached hydrogen (secondary N) is 1. The van der Waals surface area contributed by atoms with Gasteiger partial charge >= 0.3 is 0 Å². The second kappa shape index (κ2) is 5.67. The lowest BCUT2D eigenvalue weighted by molar-refractivity contribution is 0.889. The molecule has 0 amide bonds. The van der Waals surface area contributed by atoms with Gasteiger partial charge in [-0.3, -0.25) is 5.41 Å². The standard InChI is InChI=1S/C13H14ClN5/c1-19(8-9-4-2-3-5-10(9)14)12-7-17-11(6-18-12)13(15)16/h2-7H,8H2,1H3,(H3,15,16). The van der Waals surface area contributed by atoms with Crippen molar-refractivity contribution in [3.8, 4) is 0 Å².